The summed E-state index contributed by atoms with van der Waals surface area (Å²) in [5.74, 6) is -0.0930. The lowest BCUT2D eigenvalue weighted by Gasteiger charge is -2.07. The summed E-state index contributed by atoms with van der Waals surface area (Å²) in [5.41, 5.74) is 5.09. The molecule has 0 saturated carbocycles. The molecule has 0 atom stereocenters. The van der Waals surface area contributed by atoms with E-state index >= 15 is 0 Å². The average molecular weight is 282 g/mol. The minimum absolute atomic E-state index is 0.00224. The van der Waals surface area contributed by atoms with E-state index in [-0.39, 0.29) is 11.6 Å². The number of benzene rings is 1. The van der Waals surface area contributed by atoms with Crippen LogP contribution in [0.3, 0.4) is 0 Å². The Bertz CT molecular complexity index is 602. The van der Waals surface area contributed by atoms with E-state index < -0.39 is 5.91 Å². The van der Waals surface area contributed by atoms with E-state index in [1.807, 2.05) is 0 Å². The van der Waals surface area contributed by atoms with Gasteiger partial charge in [-0.05, 0) is 24.3 Å². The van der Waals surface area contributed by atoms with Crippen molar-refractivity contribution in [2.24, 2.45) is 5.73 Å². The van der Waals surface area contributed by atoms with Gasteiger partial charge in [0.15, 0.2) is 0 Å². The number of pyridine rings is 1. The first kappa shape index (κ1) is 12.7. The molecule has 0 spiro atoms. The Labute approximate surface area is 113 Å². The van der Waals surface area contributed by atoms with Crippen LogP contribution in [-0.2, 0) is 0 Å². The molecule has 6 heteroatoms. The molecule has 4 nitrogen and oxygen atoms in total. The first-order valence-corrected chi connectivity index (χ1v) is 5.63. The van der Waals surface area contributed by atoms with Crippen LogP contribution < -0.4 is 10.5 Å². The number of hydrogen-bond acceptors (Lipinski definition) is 3. The molecule has 0 aliphatic rings. The molecule has 0 fully saturated rings. The van der Waals surface area contributed by atoms with Gasteiger partial charge in [0, 0.05) is 17.2 Å². The molecular weight excluding hydrogens is 275 g/mol. The summed E-state index contributed by atoms with van der Waals surface area (Å²) in [5, 5.41) is 0.845. The number of halogens is 2. The fourth-order valence-electron chi connectivity index (χ4n) is 1.23. The molecular formula is C12H7Cl2N2O2. The predicted octanol–water partition coefficient (Wildman–Crippen LogP) is 3.08. The van der Waals surface area contributed by atoms with Crippen molar-refractivity contribution in [2.75, 3.05) is 0 Å². The Morgan fingerprint density at radius 3 is 2.78 bits per heavy atom. The molecule has 1 amide bonds. The Morgan fingerprint density at radius 2 is 2.11 bits per heavy atom. The summed E-state index contributed by atoms with van der Waals surface area (Å²) in [7, 11) is 0. The maximum atomic E-state index is 10.9. The normalized spacial score (nSPS) is 10.1. The molecule has 0 saturated heterocycles. The number of rotatable bonds is 3. The lowest BCUT2D eigenvalue weighted by Crippen LogP contribution is -2.13. The topological polar surface area (TPSA) is 65.2 Å². The van der Waals surface area contributed by atoms with Crippen LogP contribution in [0.15, 0.2) is 30.3 Å². The van der Waals surface area contributed by atoms with E-state index in [4.69, 9.17) is 33.7 Å². The summed E-state index contributed by atoms with van der Waals surface area (Å²) in [6.07, 6.45) is 0. The third-order valence-corrected chi connectivity index (χ3v) is 2.54. The van der Waals surface area contributed by atoms with Crippen LogP contribution >= 0.6 is 23.2 Å². The highest BCUT2D eigenvalue weighted by Crippen LogP contribution is 2.30. The van der Waals surface area contributed by atoms with Crippen molar-refractivity contribution in [3.8, 4) is 11.6 Å². The summed E-state index contributed by atoms with van der Waals surface area (Å²) >= 11 is 11.7. The molecule has 91 valence electrons. The van der Waals surface area contributed by atoms with Crippen molar-refractivity contribution in [1.29, 1.82) is 0 Å². The number of nitrogens with zero attached hydrogens (tertiary/aromatic N) is 1. The van der Waals surface area contributed by atoms with Crippen LogP contribution in [0.1, 0.15) is 10.5 Å². The average Bonchev–Trinajstić information content (AvgIpc) is 2.33. The maximum absolute atomic E-state index is 10.9. The van der Waals surface area contributed by atoms with E-state index in [9.17, 15) is 4.79 Å². The molecule has 1 radical (unpaired) electrons. The van der Waals surface area contributed by atoms with Crippen LogP contribution in [0.4, 0.5) is 0 Å². The van der Waals surface area contributed by atoms with Crippen molar-refractivity contribution in [3.05, 3.63) is 52.1 Å². The van der Waals surface area contributed by atoms with Crippen molar-refractivity contribution in [2.45, 2.75) is 0 Å². The van der Waals surface area contributed by atoms with E-state index in [1.165, 1.54) is 12.1 Å². The van der Waals surface area contributed by atoms with E-state index in [2.05, 4.69) is 11.1 Å². The number of carbonyl (C=O) groups is 1. The largest absolute Gasteiger partial charge is 0.437 e. The number of carbonyl (C=O) groups excluding carboxylic acids is 1. The smallest absolute Gasteiger partial charge is 0.268 e. The van der Waals surface area contributed by atoms with Gasteiger partial charge in [0.1, 0.15) is 11.4 Å². The quantitative estimate of drug-likeness (QED) is 0.940. The highest BCUT2D eigenvalue weighted by Gasteiger charge is 2.07. The summed E-state index contributed by atoms with van der Waals surface area (Å²) in [6.45, 7) is 0. The molecule has 2 N–H and O–H groups in total. The van der Waals surface area contributed by atoms with Gasteiger partial charge < -0.3 is 10.5 Å². The first-order chi connectivity index (χ1) is 8.56. The third-order valence-electron chi connectivity index (χ3n) is 2.01. The molecule has 0 aliphatic carbocycles. The highest BCUT2D eigenvalue weighted by molar-refractivity contribution is 6.35. The van der Waals surface area contributed by atoms with Gasteiger partial charge in [0.05, 0.1) is 5.02 Å². The fourth-order valence-corrected chi connectivity index (χ4v) is 1.67. The molecule has 1 aromatic carbocycles. The first-order valence-electron chi connectivity index (χ1n) is 4.87. The molecule has 1 heterocycles. The summed E-state index contributed by atoms with van der Waals surface area (Å²) in [4.78, 5) is 14.8. The van der Waals surface area contributed by atoms with E-state index in [0.29, 0.717) is 15.8 Å². The summed E-state index contributed by atoms with van der Waals surface area (Å²) in [6, 6.07) is 10.4. The lowest BCUT2D eigenvalue weighted by atomic mass is 10.3. The standard InChI is InChI=1S/C12H7Cl2N2O2/c13-7-4-5-10(8(14)6-7)18-11-3-1-2-9(16-11)12(15)17/h1,3-6H,(H2,15,17). The van der Waals surface area contributed by atoms with Crippen molar-refractivity contribution in [1.82, 2.24) is 4.98 Å². The van der Waals surface area contributed by atoms with Gasteiger partial charge in [0.25, 0.3) is 5.91 Å². The minimum Gasteiger partial charge on any atom is -0.437 e. The SMILES string of the molecule is NC(=O)c1[c]ccc(Oc2ccc(Cl)cc2Cl)n1. The van der Waals surface area contributed by atoms with Gasteiger partial charge in [-0.15, -0.1) is 0 Å². The number of hydrogen-bond donors (Lipinski definition) is 1. The number of amides is 1. The Balaban J connectivity index is 2.28. The molecule has 1 aromatic heterocycles. The number of ether oxygens (including phenoxy) is 1. The zero-order chi connectivity index (χ0) is 13.1. The second-order valence-corrected chi connectivity index (χ2v) is 4.16. The number of nitrogens with two attached hydrogens (primary N) is 1. The van der Waals surface area contributed by atoms with Gasteiger partial charge in [-0.2, -0.15) is 0 Å². The van der Waals surface area contributed by atoms with Crippen LogP contribution in [0, 0.1) is 6.07 Å². The van der Waals surface area contributed by atoms with Crippen molar-refractivity contribution in [3.63, 3.8) is 0 Å². The number of primary amides is 1. The monoisotopic (exact) mass is 281 g/mol. The van der Waals surface area contributed by atoms with Crippen LogP contribution in [0.25, 0.3) is 0 Å². The predicted molar refractivity (Wildman–Crippen MR) is 68.1 cm³/mol. The van der Waals surface area contributed by atoms with Crippen molar-refractivity contribution >= 4 is 29.1 Å². The molecule has 0 unspecified atom stereocenters. The molecule has 2 aromatic rings. The zero-order valence-corrected chi connectivity index (χ0v) is 10.5. The van der Waals surface area contributed by atoms with Crippen LogP contribution in [0.2, 0.25) is 10.0 Å². The highest BCUT2D eigenvalue weighted by atomic mass is 35.5. The summed E-state index contributed by atoms with van der Waals surface area (Å²) < 4.78 is 5.43. The van der Waals surface area contributed by atoms with Gasteiger partial charge in [-0.3, -0.25) is 4.79 Å². The van der Waals surface area contributed by atoms with Crippen LogP contribution in [0.5, 0.6) is 11.6 Å². The Hall–Kier alpha value is -1.78. The van der Waals surface area contributed by atoms with Crippen molar-refractivity contribution < 1.29 is 9.53 Å². The van der Waals surface area contributed by atoms with E-state index in [1.54, 1.807) is 18.2 Å². The molecule has 0 bridgehead atoms. The second kappa shape index (κ2) is 5.25. The molecule has 0 aliphatic heterocycles. The van der Waals surface area contributed by atoms with Gasteiger partial charge in [-0.1, -0.05) is 23.2 Å². The third kappa shape index (κ3) is 2.91. The Kier molecular flexibility index (Phi) is 3.69. The fraction of sp³-hybridized carbons (Fsp3) is 0. The van der Waals surface area contributed by atoms with E-state index in [0.717, 1.165) is 0 Å². The van der Waals surface area contributed by atoms with Gasteiger partial charge in [-0.25, -0.2) is 4.98 Å². The lowest BCUT2D eigenvalue weighted by molar-refractivity contribution is 0.0994. The Morgan fingerprint density at radius 1 is 1.33 bits per heavy atom. The maximum Gasteiger partial charge on any atom is 0.268 e. The van der Waals surface area contributed by atoms with Crippen LogP contribution in [-0.4, -0.2) is 10.9 Å². The van der Waals surface area contributed by atoms with Gasteiger partial charge >= 0.3 is 0 Å². The second-order valence-electron chi connectivity index (χ2n) is 3.32. The molecule has 2 rings (SSSR count). The number of aromatic nitrogens is 1. The molecule has 18 heavy (non-hydrogen) atoms. The van der Waals surface area contributed by atoms with Gasteiger partial charge in [0.2, 0.25) is 5.88 Å². The minimum atomic E-state index is -0.678. The zero-order valence-electron chi connectivity index (χ0n) is 8.98.